The average molecular weight is 497 g/mol. The molecule has 0 bridgehead atoms. The summed E-state index contributed by atoms with van der Waals surface area (Å²) in [5, 5.41) is 4.19. The highest BCUT2D eigenvalue weighted by molar-refractivity contribution is 7.92. The van der Waals surface area contributed by atoms with Crippen LogP contribution in [0.5, 0.6) is 11.5 Å². The fraction of sp³-hybridized carbons (Fsp3) is 0.231. The first-order valence-electron chi connectivity index (χ1n) is 11.0. The van der Waals surface area contributed by atoms with Crippen molar-refractivity contribution in [3.63, 3.8) is 0 Å². The van der Waals surface area contributed by atoms with E-state index >= 15 is 0 Å². The summed E-state index contributed by atoms with van der Waals surface area (Å²) in [5.41, 5.74) is 3.36. The summed E-state index contributed by atoms with van der Waals surface area (Å²) >= 11 is 5.92. The second-order valence-corrected chi connectivity index (χ2v) is 10.6. The molecule has 3 atom stereocenters. The zero-order valence-corrected chi connectivity index (χ0v) is 20.4. The van der Waals surface area contributed by atoms with Gasteiger partial charge in [0, 0.05) is 27.9 Å². The van der Waals surface area contributed by atoms with E-state index in [0.717, 1.165) is 34.7 Å². The van der Waals surface area contributed by atoms with Crippen LogP contribution >= 0.6 is 11.6 Å². The minimum Gasteiger partial charge on any atom is -0.497 e. The number of nitrogens with one attached hydrogen (secondary N) is 2. The summed E-state index contributed by atoms with van der Waals surface area (Å²) in [6.45, 7) is 0. The van der Waals surface area contributed by atoms with E-state index in [-0.39, 0.29) is 22.8 Å². The van der Waals surface area contributed by atoms with Crippen LogP contribution in [0.25, 0.3) is 0 Å². The standard InChI is InChI=1S/C26H25ClN2O4S/c1-32-18-10-13-25(33-2)23(14-18)26-21-5-3-4-20(21)22-15-19(11-12-24(22)28-26)34(30,31)29-17-8-6-16(27)7-9-17/h3-4,6-15,20-21,26,28-29H,5H2,1-2H3/t20-,21+,26-/m0/s1. The first kappa shape index (κ1) is 22.6. The van der Waals surface area contributed by atoms with Crippen molar-refractivity contribution in [2.75, 3.05) is 24.3 Å². The van der Waals surface area contributed by atoms with Gasteiger partial charge in [-0.2, -0.15) is 0 Å². The lowest BCUT2D eigenvalue weighted by atomic mass is 9.77. The molecule has 8 heteroatoms. The number of allylic oxidation sites excluding steroid dienone is 2. The van der Waals surface area contributed by atoms with E-state index in [4.69, 9.17) is 21.1 Å². The molecule has 0 saturated carbocycles. The van der Waals surface area contributed by atoms with E-state index in [0.29, 0.717) is 10.7 Å². The smallest absolute Gasteiger partial charge is 0.261 e. The molecule has 0 spiro atoms. The van der Waals surface area contributed by atoms with Crippen molar-refractivity contribution in [1.82, 2.24) is 0 Å². The number of benzene rings is 3. The Balaban J connectivity index is 1.50. The predicted molar refractivity (Wildman–Crippen MR) is 135 cm³/mol. The van der Waals surface area contributed by atoms with Crippen molar-refractivity contribution in [3.8, 4) is 11.5 Å². The normalized spacial score (nSPS) is 20.7. The van der Waals surface area contributed by atoms with Crippen LogP contribution in [0, 0.1) is 5.92 Å². The molecule has 0 radical (unpaired) electrons. The lowest BCUT2D eigenvalue weighted by Gasteiger charge is -2.38. The van der Waals surface area contributed by atoms with E-state index in [1.165, 1.54) is 0 Å². The van der Waals surface area contributed by atoms with Crippen LogP contribution < -0.4 is 19.5 Å². The van der Waals surface area contributed by atoms with E-state index < -0.39 is 10.0 Å². The molecule has 5 rings (SSSR count). The summed E-state index contributed by atoms with van der Waals surface area (Å²) in [6, 6.07) is 17.6. The molecule has 0 unspecified atom stereocenters. The fourth-order valence-electron chi connectivity index (χ4n) is 4.86. The van der Waals surface area contributed by atoms with Crippen molar-refractivity contribution in [2.45, 2.75) is 23.3 Å². The van der Waals surface area contributed by atoms with Crippen molar-refractivity contribution >= 4 is 33.0 Å². The van der Waals surface area contributed by atoms with Crippen LogP contribution in [0.2, 0.25) is 5.02 Å². The molecule has 2 aliphatic rings. The third-order valence-electron chi connectivity index (χ3n) is 6.51. The molecular formula is C26H25ClN2O4S. The zero-order chi connectivity index (χ0) is 23.9. The average Bonchev–Trinajstić information content (AvgIpc) is 3.34. The number of hydrogen-bond acceptors (Lipinski definition) is 5. The molecule has 3 aromatic carbocycles. The maximum absolute atomic E-state index is 13.1. The monoisotopic (exact) mass is 496 g/mol. The first-order valence-corrected chi connectivity index (χ1v) is 12.8. The van der Waals surface area contributed by atoms with Gasteiger partial charge >= 0.3 is 0 Å². The summed E-state index contributed by atoms with van der Waals surface area (Å²) in [7, 11) is -0.443. The molecular weight excluding hydrogens is 472 g/mol. The van der Waals surface area contributed by atoms with Gasteiger partial charge in [-0.15, -0.1) is 0 Å². The van der Waals surface area contributed by atoms with E-state index in [2.05, 4.69) is 22.2 Å². The third kappa shape index (κ3) is 4.10. The highest BCUT2D eigenvalue weighted by Gasteiger charge is 2.39. The number of hydrogen-bond donors (Lipinski definition) is 2. The van der Waals surface area contributed by atoms with E-state index in [1.54, 1.807) is 50.6 Å². The largest absolute Gasteiger partial charge is 0.497 e. The van der Waals surface area contributed by atoms with Gasteiger partial charge in [-0.1, -0.05) is 23.8 Å². The lowest BCUT2D eigenvalue weighted by molar-refractivity contribution is 0.374. The van der Waals surface area contributed by atoms with Gasteiger partial charge in [0.05, 0.1) is 25.2 Å². The van der Waals surface area contributed by atoms with E-state index in [9.17, 15) is 8.42 Å². The minimum atomic E-state index is -3.76. The maximum Gasteiger partial charge on any atom is 0.261 e. The van der Waals surface area contributed by atoms with Crippen molar-refractivity contribution < 1.29 is 17.9 Å². The number of anilines is 2. The lowest BCUT2D eigenvalue weighted by Crippen LogP contribution is -2.29. The summed E-state index contributed by atoms with van der Waals surface area (Å²) in [5.74, 6) is 1.86. The Morgan fingerprint density at radius 2 is 1.76 bits per heavy atom. The van der Waals surface area contributed by atoms with Crippen LogP contribution in [-0.4, -0.2) is 22.6 Å². The van der Waals surface area contributed by atoms with E-state index in [1.807, 2.05) is 24.3 Å². The number of methoxy groups -OCH3 is 2. The highest BCUT2D eigenvalue weighted by Crippen LogP contribution is 2.52. The van der Waals surface area contributed by atoms with Gasteiger partial charge in [0.1, 0.15) is 11.5 Å². The fourth-order valence-corrected chi connectivity index (χ4v) is 6.08. The van der Waals surface area contributed by atoms with Crippen LogP contribution in [0.4, 0.5) is 11.4 Å². The summed E-state index contributed by atoms with van der Waals surface area (Å²) in [4.78, 5) is 0.222. The van der Waals surface area contributed by atoms with Crippen molar-refractivity contribution in [1.29, 1.82) is 0 Å². The van der Waals surface area contributed by atoms with Crippen molar-refractivity contribution in [2.24, 2.45) is 5.92 Å². The first-order chi connectivity index (χ1) is 16.4. The molecule has 3 aromatic rings. The Morgan fingerprint density at radius 3 is 2.50 bits per heavy atom. The number of sulfonamides is 1. The van der Waals surface area contributed by atoms with Gasteiger partial charge in [0.15, 0.2) is 0 Å². The molecule has 1 aliphatic carbocycles. The van der Waals surface area contributed by atoms with Crippen LogP contribution in [-0.2, 0) is 10.0 Å². The summed E-state index contributed by atoms with van der Waals surface area (Å²) in [6.07, 6.45) is 5.22. The quantitative estimate of drug-likeness (QED) is 0.410. The Kier molecular flexibility index (Phi) is 5.91. The summed E-state index contributed by atoms with van der Waals surface area (Å²) < 4.78 is 39.9. The number of ether oxygens (including phenoxy) is 2. The molecule has 176 valence electrons. The van der Waals surface area contributed by atoms with Gasteiger partial charge < -0.3 is 14.8 Å². The van der Waals surface area contributed by atoms with Gasteiger partial charge in [-0.25, -0.2) is 8.42 Å². The molecule has 34 heavy (non-hydrogen) atoms. The maximum atomic E-state index is 13.1. The third-order valence-corrected chi connectivity index (χ3v) is 8.14. The van der Waals surface area contributed by atoms with Gasteiger partial charge in [0.25, 0.3) is 10.0 Å². The van der Waals surface area contributed by atoms with Gasteiger partial charge in [0.2, 0.25) is 0 Å². The van der Waals surface area contributed by atoms with Crippen LogP contribution in [0.3, 0.4) is 0 Å². The zero-order valence-electron chi connectivity index (χ0n) is 18.8. The van der Waals surface area contributed by atoms with Gasteiger partial charge in [-0.05, 0) is 78.6 Å². The predicted octanol–water partition coefficient (Wildman–Crippen LogP) is 5.98. The molecule has 0 amide bonds. The Labute approximate surface area is 204 Å². The molecule has 2 N–H and O–H groups in total. The number of fused-ring (bicyclic) bond motifs is 3. The number of halogens is 1. The topological polar surface area (TPSA) is 76.7 Å². The highest BCUT2D eigenvalue weighted by atomic mass is 35.5. The SMILES string of the molecule is COc1ccc(OC)c([C@H]2Nc3ccc(S(=O)(=O)Nc4ccc(Cl)cc4)cc3[C@H]3C=CC[C@H]32)c1. The Bertz CT molecular complexity index is 1360. The second-order valence-electron chi connectivity index (χ2n) is 8.44. The molecule has 0 saturated heterocycles. The van der Waals surface area contributed by atoms with Crippen molar-refractivity contribution in [3.05, 3.63) is 89.0 Å². The number of rotatable bonds is 6. The molecule has 1 heterocycles. The molecule has 0 fully saturated rings. The molecule has 1 aliphatic heterocycles. The van der Waals surface area contributed by atoms with Crippen LogP contribution in [0.15, 0.2) is 77.7 Å². The molecule has 6 nitrogen and oxygen atoms in total. The minimum absolute atomic E-state index is 0.00722. The van der Waals surface area contributed by atoms with Crippen LogP contribution in [0.1, 0.15) is 29.5 Å². The second kappa shape index (κ2) is 8.89. The molecule has 0 aromatic heterocycles. The Hall–Kier alpha value is -3.16. The van der Waals surface area contributed by atoms with Gasteiger partial charge in [-0.3, -0.25) is 4.72 Å². The Morgan fingerprint density at radius 1 is 0.971 bits per heavy atom.